The van der Waals surface area contributed by atoms with Crippen molar-refractivity contribution in [2.75, 3.05) is 7.05 Å². The van der Waals surface area contributed by atoms with E-state index in [1.807, 2.05) is 7.05 Å². The van der Waals surface area contributed by atoms with Gasteiger partial charge in [-0.3, -0.25) is 0 Å². The van der Waals surface area contributed by atoms with Crippen LogP contribution in [0.25, 0.3) is 9.88 Å². The van der Waals surface area contributed by atoms with Crippen LogP contribution in [0.15, 0.2) is 15.9 Å². The summed E-state index contributed by atoms with van der Waals surface area (Å²) in [7, 11) is 1.98. The number of thiophene rings is 1. The molecule has 0 bridgehead atoms. The molecular formula is C11H13BrN2S2. The molecule has 0 saturated carbocycles. The molecule has 2 heterocycles. The third-order valence-electron chi connectivity index (χ3n) is 2.47. The highest BCUT2D eigenvalue weighted by molar-refractivity contribution is 9.10. The minimum Gasteiger partial charge on any atom is -0.312 e. The molecule has 0 aliphatic heterocycles. The molecule has 5 heteroatoms. The van der Waals surface area contributed by atoms with Crippen LogP contribution in [-0.4, -0.2) is 12.0 Å². The molecule has 0 radical (unpaired) electrons. The van der Waals surface area contributed by atoms with E-state index in [1.54, 1.807) is 22.7 Å². The van der Waals surface area contributed by atoms with Gasteiger partial charge in [0.2, 0.25) is 0 Å². The number of rotatable bonds is 3. The van der Waals surface area contributed by atoms with Crippen LogP contribution in [0.1, 0.15) is 23.5 Å². The molecule has 1 atom stereocenters. The summed E-state index contributed by atoms with van der Waals surface area (Å²) >= 11 is 7.05. The zero-order valence-corrected chi connectivity index (χ0v) is 12.6. The maximum atomic E-state index is 4.64. The van der Waals surface area contributed by atoms with Gasteiger partial charge in [-0.05, 0) is 48.3 Å². The smallest absolute Gasteiger partial charge is 0.135 e. The minimum absolute atomic E-state index is 0.366. The summed E-state index contributed by atoms with van der Waals surface area (Å²) in [5, 5.41) is 6.45. The Kier molecular flexibility index (Phi) is 3.79. The number of thiazole rings is 1. The molecule has 2 nitrogen and oxygen atoms in total. The van der Waals surface area contributed by atoms with E-state index in [2.05, 4.69) is 51.5 Å². The van der Waals surface area contributed by atoms with Crippen LogP contribution >= 0.6 is 38.6 Å². The standard InChI is InChI=1S/C11H13BrN2S2/c1-6(13-3)9-7(2)14-11(16-9)10-8(12)4-5-15-10/h4-6,13H,1-3H3. The van der Waals surface area contributed by atoms with Crippen LogP contribution in [0.2, 0.25) is 0 Å². The normalized spacial score (nSPS) is 13.0. The van der Waals surface area contributed by atoms with E-state index in [9.17, 15) is 0 Å². The van der Waals surface area contributed by atoms with E-state index in [4.69, 9.17) is 0 Å². The van der Waals surface area contributed by atoms with Crippen LogP contribution in [0, 0.1) is 6.92 Å². The first kappa shape index (κ1) is 12.2. The summed E-state index contributed by atoms with van der Waals surface area (Å²) in [5.74, 6) is 0. The second-order valence-electron chi connectivity index (χ2n) is 3.58. The van der Waals surface area contributed by atoms with Gasteiger partial charge in [-0.25, -0.2) is 4.98 Å². The molecule has 0 saturated heterocycles. The molecule has 16 heavy (non-hydrogen) atoms. The third-order valence-corrected chi connectivity index (χ3v) is 5.80. The fourth-order valence-electron chi connectivity index (χ4n) is 1.48. The number of hydrogen-bond acceptors (Lipinski definition) is 4. The van der Waals surface area contributed by atoms with Crippen LogP contribution in [-0.2, 0) is 0 Å². The van der Waals surface area contributed by atoms with E-state index < -0.39 is 0 Å². The highest BCUT2D eigenvalue weighted by atomic mass is 79.9. The fraction of sp³-hybridized carbons (Fsp3) is 0.364. The average molecular weight is 317 g/mol. The van der Waals surface area contributed by atoms with Gasteiger partial charge in [0, 0.05) is 15.4 Å². The Labute approximate surface area is 112 Å². The number of nitrogens with zero attached hydrogens (tertiary/aromatic N) is 1. The molecule has 2 aromatic rings. The lowest BCUT2D eigenvalue weighted by molar-refractivity contribution is 0.658. The summed E-state index contributed by atoms with van der Waals surface area (Å²) in [6.07, 6.45) is 0. The lowest BCUT2D eigenvalue weighted by Crippen LogP contribution is -2.11. The Morgan fingerprint density at radius 1 is 1.50 bits per heavy atom. The monoisotopic (exact) mass is 316 g/mol. The maximum absolute atomic E-state index is 4.64. The highest BCUT2D eigenvalue weighted by Crippen LogP contribution is 2.38. The Bertz CT molecular complexity index is 490. The van der Waals surface area contributed by atoms with Gasteiger partial charge in [-0.2, -0.15) is 0 Å². The lowest BCUT2D eigenvalue weighted by Gasteiger charge is -2.06. The predicted molar refractivity (Wildman–Crippen MR) is 75.3 cm³/mol. The molecule has 0 amide bonds. The van der Waals surface area contributed by atoms with Gasteiger partial charge >= 0.3 is 0 Å². The number of nitrogens with one attached hydrogen (secondary N) is 1. The zero-order valence-electron chi connectivity index (χ0n) is 9.37. The summed E-state index contributed by atoms with van der Waals surface area (Å²) in [6.45, 7) is 4.23. The molecule has 0 fully saturated rings. The molecule has 0 aromatic carbocycles. The summed E-state index contributed by atoms with van der Waals surface area (Å²) < 4.78 is 1.13. The van der Waals surface area contributed by atoms with Crippen molar-refractivity contribution in [1.29, 1.82) is 0 Å². The maximum Gasteiger partial charge on any atom is 0.135 e. The summed E-state index contributed by atoms with van der Waals surface area (Å²) in [4.78, 5) is 7.18. The van der Waals surface area contributed by atoms with Crippen molar-refractivity contribution in [1.82, 2.24) is 10.3 Å². The van der Waals surface area contributed by atoms with E-state index in [-0.39, 0.29) is 0 Å². The van der Waals surface area contributed by atoms with E-state index >= 15 is 0 Å². The molecule has 2 aromatic heterocycles. The van der Waals surface area contributed by atoms with E-state index in [0.29, 0.717) is 6.04 Å². The fourth-order valence-corrected chi connectivity index (χ4v) is 4.41. The molecule has 2 rings (SSSR count). The Morgan fingerprint density at radius 2 is 2.25 bits per heavy atom. The van der Waals surface area contributed by atoms with Crippen LogP contribution < -0.4 is 5.32 Å². The largest absolute Gasteiger partial charge is 0.312 e. The van der Waals surface area contributed by atoms with E-state index in [1.165, 1.54) is 9.75 Å². The zero-order chi connectivity index (χ0) is 11.7. The molecule has 0 aliphatic carbocycles. The Hall–Kier alpha value is -0.230. The van der Waals surface area contributed by atoms with Crippen molar-refractivity contribution >= 4 is 38.6 Å². The van der Waals surface area contributed by atoms with E-state index in [0.717, 1.165) is 15.2 Å². The van der Waals surface area contributed by atoms with Gasteiger partial charge in [0.25, 0.3) is 0 Å². The first-order valence-corrected chi connectivity index (χ1v) is 7.50. The summed E-state index contributed by atoms with van der Waals surface area (Å²) in [5.41, 5.74) is 1.13. The Morgan fingerprint density at radius 3 is 2.81 bits per heavy atom. The van der Waals surface area contributed by atoms with Gasteiger partial charge in [0.05, 0.1) is 10.6 Å². The minimum atomic E-state index is 0.366. The highest BCUT2D eigenvalue weighted by Gasteiger charge is 2.15. The van der Waals surface area contributed by atoms with Gasteiger partial charge in [0.15, 0.2) is 0 Å². The van der Waals surface area contributed by atoms with Crippen molar-refractivity contribution in [2.24, 2.45) is 0 Å². The topological polar surface area (TPSA) is 24.9 Å². The number of halogens is 1. The van der Waals surface area contributed by atoms with Gasteiger partial charge in [-0.1, -0.05) is 0 Å². The van der Waals surface area contributed by atoms with Gasteiger partial charge in [0.1, 0.15) is 5.01 Å². The average Bonchev–Trinajstić information content (AvgIpc) is 2.83. The first-order valence-electron chi connectivity index (χ1n) is 5.01. The number of aromatic nitrogens is 1. The third kappa shape index (κ3) is 2.22. The first-order chi connectivity index (χ1) is 7.63. The molecule has 0 spiro atoms. The van der Waals surface area contributed by atoms with Crippen LogP contribution in [0.3, 0.4) is 0 Å². The van der Waals surface area contributed by atoms with Crippen molar-refractivity contribution in [3.63, 3.8) is 0 Å². The van der Waals surface area contributed by atoms with Crippen molar-refractivity contribution in [3.05, 3.63) is 26.5 Å². The second-order valence-corrected chi connectivity index (χ2v) is 6.38. The molecular weight excluding hydrogens is 304 g/mol. The SMILES string of the molecule is CNC(C)c1sc(-c2sccc2Br)nc1C. The van der Waals surface area contributed by atoms with Crippen LogP contribution in [0.4, 0.5) is 0 Å². The van der Waals surface area contributed by atoms with Crippen LogP contribution in [0.5, 0.6) is 0 Å². The second kappa shape index (κ2) is 4.96. The van der Waals surface area contributed by atoms with Gasteiger partial charge < -0.3 is 5.32 Å². The van der Waals surface area contributed by atoms with Crippen molar-refractivity contribution < 1.29 is 0 Å². The number of hydrogen-bond donors (Lipinski definition) is 1. The molecule has 1 N–H and O–H groups in total. The lowest BCUT2D eigenvalue weighted by atomic mass is 10.2. The van der Waals surface area contributed by atoms with Crippen molar-refractivity contribution in [2.45, 2.75) is 19.9 Å². The molecule has 0 aliphatic rings. The number of aryl methyl sites for hydroxylation is 1. The predicted octanol–water partition coefficient (Wildman–Crippen LogP) is 4.22. The molecule has 86 valence electrons. The summed E-state index contributed by atoms with van der Waals surface area (Å²) in [6, 6.07) is 2.43. The van der Waals surface area contributed by atoms with Gasteiger partial charge in [-0.15, -0.1) is 22.7 Å². The van der Waals surface area contributed by atoms with Crippen molar-refractivity contribution in [3.8, 4) is 9.88 Å². The Balaban J connectivity index is 2.42. The molecule has 1 unspecified atom stereocenters. The quantitative estimate of drug-likeness (QED) is 0.917.